The number of hydrogen-bond acceptors (Lipinski definition) is 6. The Hall–Kier alpha value is -1.02. The third-order valence-electron chi connectivity index (χ3n) is 2.04. The van der Waals surface area contributed by atoms with Crippen LogP contribution in [0.3, 0.4) is 0 Å². The Balaban J connectivity index is 2.26. The van der Waals surface area contributed by atoms with Crippen molar-refractivity contribution in [2.24, 2.45) is 0 Å². The monoisotopic (exact) mass is 342 g/mol. The van der Waals surface area contributed by atoms with Gasteiger partial charge in [-0.05, 0) is 12.1 Å². The highest BCUT2D eigenvalue weighted by Gasteiger charge is 2.20. The average molecular weight is 344 g/mol. The fourth-order valence-corrected chi connectivity index (χ4v) is 3.00. The Morgan fingerprint density at radius 3 is 2.58 bits per heavy atom. The summed E-state index contributed by atoms with van der Waals surface area (Å²) in [6, 6.07) is 2.53. The predicted molar refractivity (Wildman–Crippen MR) is 68.1 cm³/mol. The molecule has 0 spiro atoms. The highest BCUT2D eigenvalue weighted by molar-refractivity contribution is 8.13. The van der Waals surface area contributed by atoms with E-state index in [9.17, 15) is 8.42 Å². The zero-order valence-electron chi connectivity index (χ0n) is 9.01. The first-order valence-electron chi connectivity index (χ1n) is 4.70. The molecule has 2 aromatic rings. The highest BCUT2D eigenvalue weighted by atomic mass is 35.7. The first kappa shape index (κ1) is 14.4. The van der Waals surface area contributed by atoms with Gasteiger partial charge in [0.05, 0.1) is 5.02 Å². The molecule has 0 N–H and O–H groups in total. The fraction of sp³-hybridized carbons (Fsp3) is 0.111. The van der Waals surface area contributed by atoms with Crippen molar-refractivity contribution in [1.29, 1.82) is 0 Å². The van der Waals surface area contributed by atoms with Crippen LogP contribution in [0.25, 0.3) is 0 Å². The van der Waals surface area contributed by atoms with Crippen molar-refractivity contribution in [3.8, 4) is 5.75 Å². The van der Waals surface area contributed by atoms with E-state index in [2.05, 4.69) is 14.7 Å². The Bertz CT molecular complexity index is 688. The molecule has 0 atom stereocenters. The molecule has 0 saturated heterocycles. The number of aromatic nitrogens is 2. The topological polar surface area (TPSA) is 82.3 Å². The summed E-state index contributed by atoms with van der Waals surface area (Å²) in [5.41, 5.74) is 0. The van der Waals surface area contributed by atoms with Crippen molar-refractivity contribution in [3.63, 3.8) is 0 Å². The van der Waals surface area contributed by atoms with Gasteiger partial charge in [-0.15, -0.1) is 0 Å². The molecule has 0 saturated carbocycles. The standard InChI is InChI=1S/C9H5Cl3N2O4S/c10-8-5(17-3-7-13-4-18-14-7)1-2-6(9(8)11)19(12,15)16/h1-2,4H,3H2. The quantitative estimate of drug-likeness (QED) is 0.794. The number of ether oxygens (including phenoxy) is 1. The van der Waals surface area contributed by atoms with Crippen molar-refractivity contribution in [2.75, 3.05) is 0 Å². The maximum Gasteiger partial charge on any atom is 0.262 e. The van der Waals surface area contributed by atoms with Gasteiger partial charge in [-0.1, -0.05) is 28.4 Å². The number of nitrogens with zero attached hydrogens (tertiary/aromatic N) is 2. The van der Waals surface area contributed by atoms with Crippen molar-refractivity contribution in [3.05, 3.63) is 34.4 Å². The Morgan fingerprint density at radius 2 is 2.00 bits per heavy atom. The van der Waals surface area contributed by atoms with E-state index in [4.69, 9.17) is 38.6 Å². The lowest BCUT2D eigenvalue weighted by atomic mass is 10.3. The average Bonchev–Trinajstić information content (AvgIpc) is 2.82. The molecule has 19 heavy (non-hydrogen) atoms. The molecule has 1 aromatic carbocycles. The van der Waals surface area contributed by atoms with Gasteiger partial charge in [-0.2, -0.15) is 4.98 Å². The molecule has 10 heteroatoms. The van der Waals surface area contributed by atoms with E-state index < -0.39 is 9.05 Å². The molecule has 6 nitrogen and oxygen atoms in total. The minimum atomic E-state index is -3.97. The van der Waals surface area contributed by atoms with Crippen LogP contribution in [0.1, 0.15) is 5.82 Å². The number of hydrogen-bond donors (Lipinski definition) is 0. The van der Waals surface area contributed by atoms with Crippen LogP contribution in [-0.4, -0.2) is 18.6 Å². The summed E-state index contributed by atoms with van der Waals surface area (Å²) in [5, 5.41) is 3.27. The van der Waals surface area contributed by atoms with E-state index in [-0.39, 0.29) is 27.3 Å². The van der Waals surface area contributed by atoms with Gasteiger partial charge >= 0.3 is 0 Å². The lowest BCUT2D eigenvalue weighted by Crippen LogP contribution is -1.99. The molecule has 0 aliphatic heterocycles. The molecule has 1 heterocycles. The minimum absolute atomic E-state index is 0.000476. The Morgan fingerprint density at radius 1 is 1.26 bits per heavy atom. The van der Waals surface area contributed by atoms with Gasteiger partial charge < -0.3 is 9.26 Å². The van der Waals surface area contributed by atoms with E-state index in [1.165, 1.54) is 12.1 Å². The lowest BCUT2D eigenvalue weighted by molar-refractivity contribution is 0.286. The smallest absolute Gasteiger partial charge is 0.262 e. The van der Waals surface area contributed by atoms with Crippen LogP contribution in [0.5, 0.6) is 5.75 Å². The van der Waals surface area contributed by atoms with E-state index in [1.54, 1.807) is 0 Å². The van der Waals surface area contributed by atoms with E-state index in [0.29, 0.717) is 5.82 Å². The molecule has 0 unspecified atom stereocenters. The summed E-state index contributed by atoms with van der Waals surface area (Å²) in [7, 11) is 1.23. The SMILES string of the molecule is O=S(=O)(Cl)c1ccc(OCc2ncon2)c(Cl)c1Cl. The second-order valence-corrected chi connectivity index (χ2v) is 6.55. The molecule has 102 valence electrons. The van der Waals surface area contributed by atoms with Crippen molar-refractivity contribution >= 4 is 42.9 Å². The molecule has 2 rings (SSSR count). The fourth-order valence-electron chi connectivity index (χ4n) is 1.21. The molecular weight excluding hydrogens is 339 g/mol. The van der Waals surface area contributed by atoms with Crippen LogP contribution in [0.2, 0.25) is 10.0 Å². The van der Waals surface area contributed by atoms with Gasteiger partial charge in [0.2, 0.25) is 12.2 Å². The zero-order valence-corrected chi connectivity index (χ0v) is 12.1. The minimum Gasteiger partial charge on any atom is -0.484 e. The summed E-state index contributed by atoms with van der Waals surface area (Å²) in [6.45, 7) is -0.000476. The normalized spacial score (nSPS) is 11.5. The van der Waals surface area contributed by atoms with E-state index in [1.807, 2.05) is 0 Å². The third-order valence-corrected chi connectivity index (χ3v) is 4.38. The second-order valence-electron chi connectivity index (χ2n) is 3.26. The molecule has 0 amide bonds. The maximum atomic E-state index is 11.2. The van der Waals surface area contributed by atoms with Crippen LogP contribution in [0.15, 0.2) is 27.9 Å². The summed E-state index contributed by atoms with van der Waals surface area (Å²) < 4.78 is 32.2. The second kappa shape index (κ2) is 5.54. The van der Waals surface area contributed by atoms with Gasteiger partial charge in [0.25, 0.3) is 9.05 Å². The van der Waals surface area contributed by atoms with Crippen LogP contribution in [-0.2, 0) is 15.7 Å². The van der Waals surface area contributed by atoms with Crippen molar-refractivity contribution < 1.29 is 17.7 Å². The molecule has 0 aliphatic carbocycles. The third kappa shape index (κ3) is 3.30. The number of benzene rings is 1. The van der Waals surface area contributed by atoms with Gasteiger partial charge in [0.1, 0.15) is 15.7 Å². The Kier molecular flexibility index (Phi) is 4.19. The van der Waals surface area contributed by atoms with Gasteiger partial charge in [-0.3, -0.25) is 0 Å². The van der Waals surface area contributed by atoms with Gasteiger partial charge in [0.15, 0.2) is 6.61 Å². The molecule has 0 aliphatic rings. The van der Waals surface area contributed by atoms with E-state index in [0.717, 1.165) is 6.39 Å². The first-order valence-corrected chi connectivity index (χ1v) is 7.77. The number of halogens is 3. The molecule has 0 fully saturated rings. The largest absolute Gasteiger partial charge is 0.484 e. The van der Waals surface area contributed by atoms with E-state index >= 15 is 0 Å². The highest BCUT2D eigenvalue weighted by Crippen LogP contribution is 2.38. The molecule has 0 bridgehead atoms. The van der Waals surface area contributed by atoms with Crippen molar-refractivity contribution in [2.45, 2.75) is 11.5 Å². The van der Waals surface area contributed by atoms with Gasteiger partial charge in [0, 0.05) is 10.7 Å². The summed E-state index contributed by atoms with van der Waals surface area (Å²) in [4.78, 5) is 3.46. The summed E-state index contributed by atoms with van der Waals surface area (Å²) in [5.74, 6) is 0.488. The van der Waals surface area contributed by atoms with Crippen LogP contribution >= 0.6 is 33.9 Å². The predicted octanol–water partition coefficient (Wildman–Crippen LogP) is 2.88. The molecule has 0 radical (unpaired) electrons. The maximum absolute atomic E-state index is 11.2. The molecule has 1 aromatic heterocycles. The first-order chi connectivity index (χ1) is 8.89. The van der Waals surface area contributed by atoms with Gasteiger partial charge in [-0.25, -0.2) is 8.42 Å². The van der Waals surface area contributed by atoms with Crippen molar-refractivity contribution in [1.82, 2.24) is 10.1 Å². The zero-order chi connectivity index (χ0) is 14.0. The Labute approximate surface area is 122 Å². The van der Waals surface area contributed by atoms with Crippen LogP contribution in [0.4, 0.5) is 0 Å². The van der Waals surface area contributed by atoms with Crippen LogP contribution < -0.4 is 4.74 Å². The lowest BCUT2D eigenvalue weighted by Gasteiger charge is -2.09. The summed E-state index contributed by atoms with van der Waals surface area (Å²) >= 11 is 11.7. The molecular formula is C9H5Cl3N2O4S. The summed E-state index contributed by atoms with van der Waals surface area (Å²) in [6.07, 6.45) is 1.15. The van der Waals surface area contributed by atoms with Crippen LogP contribution in [0, 0.1) is 0 Å². The number of rotatable bonds is 4.